The number of hydrogen-bond acceptors (Lipinski definition) is 10. The number of aliphatic carboxylic acids is 1. The van der Waals surface area contributed by atoms with Crippen molar-refractivity contribution in [1.82, 2.24) is 24.8 Å². The normalized spacial score (nSPS) is 17.9. The highest BCUT2D eigenvalue weighted by molar-refractivity contribution is 7.16. The number of carbonyl (C=O) groups is 2. The molecule has 2 saturated heterocycles. The zero-order valence-corrected chi connectivity index (χ0v) is 25.5. The number of likely N-dealkylation sites (tertiary alicyclic amines) is 1. The van der Waals surface area contributed by atoms with Gasteiger partial charge >= 0.3 is 12.1 Å². The molecule has 4 heterocycles. The number of carbonyl (C=O) groups excluding carboxylic acids is 1. The van der Waals surface area contributed by atoms with Crippen LogP contribution in [0.5, 0.6) is 5.75 Å². The van der Waals surface area contributed by atoms with Crippen LogP contribution in [0.2, 0.25) is 0 Å². The fraction of sp³-hybridized carbons (Fsp3) is 0.483. The van der Waals surface area contributed by atoms with Crippen LogP contribution < -0.4 is 15.0 Å². The number of carboxylic acids is 1. The first-order chi connectivity index (χ1) is 21.4. The first kappa shape index (κ1) is 32.5. The summed E-state index contributed by atoms with van der Waals surface area (Å²) in [7, 11) is 0.977. The zero-order valence-electron chi connectivity index (χ0n) is 24.7. The number of aromatic nitrogens is 3. The Kier molecular flexibility index (Phi) is 9.84. The Morgan fingerprint density at radius 1 is 1.13 bits per heavy atom. The van der Waals surface area contributed by atoms with Crippen LogP contribution in [0.25, 0.3) is 11.3 Å². The van der Waals surface area contributed by atoms with Gasteiger partial charge in [0.25, 0.3) is 5.91 Å². The van der Waals surface area contributed by atoms with Crippen molar-refractivity contribution in [3.8, 4) is 17.0 Å². The predicted molar refractivity (Wildman–Crippen MR) is 159 cm³/mol. The molecule has 0 saturated carbocycles. The second-order valence-electron chi connectivity index (χ2n) is 11.0. The Balaban J connectivity index is 1.34. The molecule has 0 spiro atoms. The molecule has 5 rings (SSSR count). The Morgan fingerprint density at radius 3 is 2.49 bits per heavy atom. The zero-order chi connectivity index (χ0) is 32.3. The summed E-state index contributed by atoms with van der Waals surface area (Å²) in [6.45, 7) is 6.30. The first-order valence-corrected chi connectivity index (χ1v) is 15.3. The maximum Gasteiger partial charge on any atom is 0.420 e. The van der Waals surface area contributed by atoms with Crippen LogP contribution in [0.15, 0.2) is 24.5 Å². The summed E-state index contributed by atoms with van der Waals surface area (Å²) in [5, 5.41) is 11.7. The summed E-state index contributed by atoms with van der Waals surface area (Å²) in [6.07, 6.45) is -0.0246. The summed E-state index contributed by atoms with van der Waals surface area (Å²) in [5.41, 5.74) is -1.17. The minimum absolute atomic E-state index is 0.0140. The second-order valence-corrected chi connectivity index (χ2v) is 12.1. The van der Waals surface area contributed by atoms with E-state index in [1.54, 1.807) is 0 Å². The molecule has 3 aromatic rings. The van der Waals surface area contributed by atoms with E-state index < -0.39 is 35.2 Å². The van der Waals surface area contributed by atoms with Gasteiger partial charge in [-0.05, 0) is 38.4 Å². The standard InChI is InChI=1S/C29H33F4N7O4S/c1-17-4-3-6-40(17)16-22-25(18-12-19(29(31,32)33)26(44-2)20(30)13-18)36-28(45-22)37-27(43)21-14-35-23(15-34-21)39-10-8-38(9-11-39)7-5-24(41)42/h12-15,17H,3-11,16H2,1-2H3,(H,41,42)(H,36,37,43). The van der Waals surface area contributed by atoms with Crippen molar-refractivity contribution in [2.75, 3.05) is 56.6 Å². The Hall–Kier alpha value is -3.89. The molecule has 11 nitrogen and oxygen atoms in total. The fourth-order valence-electron chi connectivity index (χ4n) is 5.52. The van der Waals surface area contributed by atoms with Gasteiger partial charge in [0, 0.05) is 55.8 Å². The molecule has 242 valence electrons. The number of amides is 1. The van der Waals surface area contributed by atoms with Gasteiger partial charge < -0.3 is 14.7 Å². The molecule has 2 aliphatic heterocycles. The Bertz CT molecular complexity index is 1530. The summed E-state index contributed by atoms with van der Waals surface area (Å²) in [6, 6.07) is 2.02. The number of hydrogen-bond donors (Lipinski definition) is 2. The smallest absolute Gasteiger partial charge is 0.420 e. The number of anilines is 2. The lowest BCUT2D eigenvalue weighted by molar-refractivity contribution is -0.139. The SMILES string of the molecule is COc1c(F)cc(-c2nc(NC(=O)c3cnc(N4CCN(CCC(=O)O)CC4)cn3)sc2CN2CCCC2C)cc1C(F)(F)F. The van der Waals surface area contributed by atoms with Crippen LogP contribution in [0.1, 0.15) is 47.1 Å². The third-order valence-corrected chi connectivity index (χ3v) is 8.95. The number of halogens is 4. The van der Waals surface area contributed by atoms with E-state index >= 15 is 0 Å². The fourth-order valence-corrected chi connectivity index (χ4v) is 6.52. The van der Waals surface area contributed by atoms with E-state index in [4.69, 9.17) is 9.84 Å². The number of rotatable bonds is 10. The van der Waals surface area contributed by atoms with Crippen molar-refractivity contribution >= 4 is 34.2 Å². The van der Waals surface area contributed by atoms with Crippen molar-refractivity contribution in [3.05, 3.63) is 46.5 Å². The van der Waals surface area contributed by atoms with Gasteiger partial charge in [-0.2, -0.15) is 13.2 Å². The quantitative estimate of drug-likeness (QED) is 0.301. The minimum Gasteiger partial charge on any atom is -0.493 e. The number of nitrogens with zero attached hydrogens (tertiary/aromatic N) is 6. The third kappa shape index (κ3) is 7.68. The molecule has 0 bridgehead atoms. The van der Waals surface area contributed by atoms with Crippen LogP contribution in [-0.2, 0) is 17.5 Å². The maximum absolute atomic E-state index is 14.8. The monoisotopic (exact) mass is 651 g/mol. The molecule has 1 unspecified atom stereocenters. The lowest BCUT2D eigenvalue weighted by Gasteiger charge is -2.34. The van der Waals surface area contributed by atoms with E-state index in [-0.39, 0.29) is 34.5 Å². The van der Waals surface area contributed by atoms with Crippen LogP contribution in [-0.4, -0.2) is 94.2 Å². The van der Waals surface area contributed by atoms with Crippen LogP contribution in [0.4, 0.5) is 28.5 Å². The van der Waals surface area contributed by atoms with Crippen LogP contribution in [0, 0.1) is 5.82 Å². The highest BCUT2D eigenvalue weighted by Crippen LogP contribution is 2.42. The van der Waals surface area contributed by atoms with Gasteiger partial charge in [-0.3, -0.25) is 24.7 Å². The van der Waals surface area contributed by atoms with Crippen molar-refractivity contribution in [3.63, 3.8) is 0 Å². The topological polar surface area (TPSA) is 124 Å². The van der Waals surface area contributed by atoms with Crippen LogP contribution >= 0.6 is 11.3 Å². The molecule has 1 amide bonds. The highest BCUT2D eigenvalue weighted by atomic mass is 32.1. The van der Waals surface area contributed by atoms with Gasteiger partial charge in [0.05, 0.1) is 31.6 Å². The number of thiazole rings is 1. The van der Waals surface area contributed by atoms with E-state index in [1.165, 1.54) is 12.4 Å². The number of benzene rings is 1. The summed E-state index contributed by atoms with van der Waals surface area (Å²) >= 11 is 1.11. The Morgan fingerprint density at radius 2 is 1.89 bits per heavy atom. The van der Waals surface area contributed by atoms with Gasteiger partial charge in [0.15, 0.2) is 16.7 Å². The molecule has 1 aromatic carbocycles. The molecule has 2 aliphatic rings. The number of piperazine rings is 1. The van der Waals surface area contributed by atoms with Crippen molar-refractivity contribution in [2.24, 2.45) is 0 Å². The summed E-state index contributed by atoms with van der Waals surface area (Å²) < 4.78 is 61.0. The number of carboxylic acid groups (broad SMARTS) is 1. The van der Waals surface area contributed by atoms with Gasteiger partial charge in [-0.25, -0.2) is 19.3 Å². The highest BCUT2D eigenvalue weighted by Gasteiger charge is 2.37. The van der Waals surface area contributed by atoms with E-state index in [9.17, 15) is 27.2 Å². The second kappa shape index (κ2) is 13.6. The van der Waals surface area contributed by atoms with E-state index in [0.717, 1.165) is 50.0 Å². The van der Waals surface area contributed by atoms with E-state index in [0.29, 0.717) is 50.0 Å². The summed E-state index contributed by atoms with van der Waals surface area (Å²) in [5.74, 6) is -2.94. The number of methoxy groups -OCH3 is 1. The van der Waals surface area contributed by atoms with Gasteiger partial charge in [-0.1, -0.05) is 11.3 Å². The molecule has 1 atom stereocenters. The molecule has 16 heteroatoms. The van der Waals surface area contributed by atoms with E-state index in [1.807, 2.05) is 4.90 Å². The third-order valence-electron chi connectivity index (χ3n) is 7.99. The molecule has 2 fully saturated rings. The van der Waals surface area contributed by atoms with E-state index in [2.05, 4.69) is 37.0 Å². The average Bonchev–Trinajstić information content (AvgIpc) is 3.60. The van der Waals surface area contributed by atoms with Crippen molar-refractivity contribution in [1.29, 1.82) is 0 Å². The molecule has 2 N–H and O–H groups in total. The Labute approximate surface area is 260 Å². The van der Waals surface area contributed by atoms with Crippen molar-refractivity contribution < 1.29 is 37.0 Å². The average molecular weight is 652 g/mol. The lowest BCUT2D eigenvalue weighted by Crippen LogP contribution is -2.47. The van der Waals surface area contributed by atoms with Crippen molar-refractivity contribution in [2.45, 2.75) is 44.9 Å². The summed E-state index contributed by atoms with van der Waals surface area (Å²) in [4.78, 5) is 43.8. The molecular formula is C29H33F4N7O4S. The number of alkyl halides is 3. The largest absolute Gasteiger partial charge is 0.493 e. The molecule has 45 heavy (non-hydrogen) atoms. The lowest BCUT2D eigenvalue weighted by atomic mass is 10.0. The molecule has 0 aliphatic carbocycles. The molecular weight excluding hydrogens is 618 g/mol. The molecule has 2 aromatic heterocycles. The number of nitrogens with one attached hydrogen (secondary N) is 1. The maximum atomic E-state index is 14.8. The number of ether oxygens (including phenoxy) is 1. The molecule has 0 radical (unpaired) electrons. The van der Waals surface area contributed by atoms with Gasteiger partial charge in [0.2, 0.25) is 0 Å². The first-order valence-electron chi connectivity index (χ1n) is 14.4. The van der Waals surface area contributed by atoms with Gasteiger partial charge in [-0.15, -0.1) is 0 Å². The van der Waals surface area contributed by atoms with Crippen LogP contribution in [0.3, 0.4) is 0 Å². The minimum atomic E-state index is -4.86. The van der Waals surface area contributed by atoms with Gasteiger partial charge in [0.1, 0.15) is 17.1 Å². The predicted octanol–water partition coefficient (Wildman–Crippen LogP) is 4.60.